The summed E-state index contributed by atoms with van der Waals surface area (Å²) in [5.41, 5.74) is 2.30. The highest BCUT2D eigenvalue weighted by Crippen LogP contribution is 2.34. The molecule has 0 saturated carbocycles. The van der Waals surface area contributed by atoms with Gasteiger partial charge in [0.1, 0.15) is 5.75 Å². The second-order valence-corrected chi connectivity index (χ2v) is 5.09. The molecule has 2 aromatic carbocycles. The van der Waals surface area contributed by atoms with Gasteiger partial charge in [-0.1, -0.05) is 0 Å². The third kappa shape index (κ3) is 2.52. The zero-order valence-corrected chi connectivity index (χ0v) is 12.3. The Balaban J connectivity index is 1.48. The summed E-state index contributed by atoms with van der Waals surface area (Å²) in [6, 6.07) is 10.4. The molecule has 0 bridgehead atoms. The van der Waals surface area contributed by atoms with Crippen LogP contribution in [0.5, 0.6) is 17.2 Å². The molecule has 0 unspecified atom stereocenters. The summed E-state index contributed by atoms with van der Waals surface area (Å²) in [6.45, 7) is 0.188. The Morgan fingerprint density at radius 2 is 2.09 bits per heavy atom. The number of carbonyl (C=O) groups excluding carboxylic acids is 1. The monoisotopic (exact) mass is 311 g/mol. The molecule has 7 nitrogen and oxygen atoms in total. The molecule has 2 heterocycles. The van der Waals surface area contributed by atoms with Crippen LogP contribution in [0.25, 0.3) is 11.0 Å². The summed E-state index contributed by atoms with van der Waals surface area (Å²) >= 11 is 0. The molecular weight excluding hydrogens is 298 g/mol. The third-order valence-corrected chi connectivity index (χ3v) is 3.53. The lowest BCUT2D eigenvalue weighted by atomic mass is 10.3. The molecule has 116 valence electrons. The number of imidazole rings is 1. The van der Waals surface area contributed by atoms with E-state index in [9.17, 15) is 4.79 Å². The Hall–Kier alpha value is -3.22. The SMILES string of the molecule is Cn1cnc2cc(OC(=O)Nc3ccc4c(c3)OCO4)ccc21. The van der Waals surface area contributed by atoms with Crippen LogP contribution in [0.2, 0.25) is 0 Å². The predicted octanol–water partition coefficient (Wildman–Crippen LogP) is 2.91. The molecule has 7 heteroatoms. The van der Waals surface area contributed by atoms with Crippen molar-refractivity contribution in [2.45, 2.75) is 0 Å². The summed E-state index contributed by atoms with van der Waals surface area (Å²) in [5, 5.41) is 2.65. The molecule has 1 amide bonds. The maximum absolute atomic E-state index is 12.0. The zero-order chi connectivity index (χ0) is 15.8. The number of ether oxygens (including phenoxy) is 3. The normalized spacial score (nSPS) is 12.4. The Kier molecular flexibility index (Phi) is 3.04. The second kappa shape index (κ2) is 5.20. The molecule has 1 aliphatic rings. The lowest BCUT2D eigenvalue weighted by Gasteiger charge is -2.07. The lowest BCUT2D eigenvalue weighted by Crippen LogP contribution is -2.16. The molecular formula is C16H13N3O4. The van der Waals surface area contributed by atoms with E-state index >= 15 is 0 Å². The Morgan fingerprint density at radius 3 is 3.00 bits per heavy atom. The molecule has 0 fully saturated rings. The van der Waals surface area contributed by atoms with E-state index in [2.05, 4.69) is 10.3 Å². The van der Waals surface area contributed by atoms with Gasteiger partial charge in [0.15, 0.2) is 11.5 Å². The summed E-state index contributed by atoms with van der Waals surface area (Å²) in [7, 11) is 1.90. The van der Waals surface area contributed by atoms with Crippen molar-refractivity contribution in [3.05, 3.63) is 42.7 Å². The van der Waals surface area contributed by atoms with Crippen molar-refractivity contribution in [3.63, 3.8) is 0 Å². The van der Waals surface area contributed by atoms with Crippen molar-refractivity contribution in [2.75, 3.05) is 12.1 Å². The van der Waals surface area contributed by atoms with Gasteiger partial charge in [-0.2, -0.15) is 0 Å². The number of hydrogen-bond donors (Lipinski definition) is 1. The molecule has 23 heavy (non-hydrogen) atoms. The average molecular weight is 311 g/mol. The fourth-order valence-electron chi connectivity index (χ4n) is 2.40. The van der Waals surface area contributed by atoms with E-state index in [0.29, 0.717) is 22.9 Å². The van der Waals surface area contributed by atoms with Gasteiger partial charge in [-0.25, -0.2) is 9.78 Å². The predicted molar refractivity (Wildman–Crippen MR) is 82.9 cm³/mol. The molecule has 1 N–H and O–H groups in total. The summed E-state index contributed by atoms with van der Waals surface area (Å²) in [5.74, 6) is 1.68. The number of nitrogens with zero attached hydrogens (tertiary/aromatic N) is 2. The number of carbonyl (C=O) groups is 1. The quantitative estimate of drug-likeness (QED) is 0.787. The minimum absolute atomic E-state index is 0.188. The number of aryl methyl sites for hydroxylation is 1. The molecule has 0 atom stereocenters. The van der Waals surface area contributed by atoms with Gasteiger partial charge in [0.05, 0.1) is 17.4 Å². The molecule has 0 radical (unpaired) electrons. The molecule has 0 saturated heterocycles. The maximum atomic E-state index is 12.0. The number of amides is 1. The summed E-state index contributed by atoms with van der Waals surface area (Å²) in [6.07, 6.45) is 1.13. The Labute approximate surface area is 131 Å². The average Bonchev–Trinajstić information content (AvgIpc) is 3.13. The lowest BCUT2D eigenvalue weighted by molar-refractivity contribution is 0.174. The van der Waals surface area contributed by atoms with Crippen LogP contribution in [-0.4, -0.2) is 22.4 Å². The van der Waals surface area contributed by atoms with E-state index in [-0.39, 0.29) is 6.79 Å². The van der Waals surface area contributed by atoms with Crippen LogP contribution in [0.3, 0.4) is 0 Å². The van der Waals surface area contributed by atoms with Crippen molar-refractivity contribution in [3.8, 4) is 17.2 Å². The van der Waals surface area contributed by atoms with Crippen molar-refractivity contribution >= 4 is 22.8 Å². The smallest absolute Gasteiger partial charge is 0.417 e. The van der Waals surface area contributed by atoms with Gasteiger partial charge in [-0.15, -0.1) is 0 Å². The number of fused-ring (bicyclic) bond motifs is 2. The van der Waals surface area contributed by atoms with Crippen LogP contribution in [0.15, 0.2) is 42.7 Å². The first-order valence-corrected chi connectivity index (χ1v) is 6.98. The Morgan fingerprint density at radius 1 is 1.22 bits per heavy atom. The van der Waals surface area contributed by atoms with Gasteiger partial charge in [0, 0.05) is 24.9 Å². The van der Waals surface area contributed by atoms with E-state index in [4.69, 9.17) is 14.2 Å². The number of benzene rings is 2. The van der Waals surface area contributed by atoms with Crippen molar-refractivity contribution in [1.29, 1.82) is 0 Å². The van der Waals surface area contributed by atoms with Crippen molar-refractivity contribution in [2.24, 2.45) is 7.05 Å². The van der Waals surface area contributed by atoms with E-state index in [0.717, 1.165) is 11.0 Å². The maximum Gasteiger partial charge on any atom is 0.417 e. The summed E-state index contributed by atoms with van der Waals surface area (Å²) in [4.78, 5) is 16.2. The van der Waals surface area contributed by atoms with Crippen LogP contribution in [-0.2, 0) is 7.05 Å². The van der Waals surface area contributed by atoms with Crippen molar-refractivity contribution in [1.82, 2.24) is 9.55 Å². The van der Waals surface area contributed by atoms with Crippen LogP contribution >= 0.6 is 0 Å². The number of rotatable bonds is 2. The molecule has 1 aliphatic heterocycles. The van der Waals surface area contributed by atoms with E-state index < -0.39 is 6.09 Å². The van der Waals surface area contributed by atoms with Crippen LogP contribution in [0.4, 0.5) is 10.5 Å². The molecule has 1 aromatic heterocycles. The molecule has 0 spiro atoms. The van der Waals surface area contributed by atoms with E-state index in [1.807, 2.05) is 17.7 Å². The highest BCUT2D eigenvalue weighted by atomic mass is 16.7. The first kappa shape index (κ1) is 13.4. The number of anilines is 1. The van der Waals surface area contributed by atoms with Gasteiger partial charge in [0.25, 0.3) is 0 Å². The molecule has 4 rings (SSSR count). The van der Waals surface area contributed by atoms with Gasteiger partial charge in [0.2, 0.25) is 6.79 Å². The summed E-state index contributed by atoms with van der Waals surface area (Å²) < 4.78 is 17.7. The van der Waals surface area contributed by atoms with Crippen LogP contribution in [0, 0.1) is 0 Å². The molecule has 0 aliphatic carbocycles. The van der Waals surface area contributed by atoms with Crippen LogP contribution < -0.4 is 19.5 Å². The highest BCUT2D eigenvalue weighted by molar-refractivity contribution is 5.87. The van der Waals surface area contributed by atoms with E-state index in [1.54, 1.807) is 36.7 Å². The van der Waals surface area contributed by atoms with Gasteiger partial charge < -0.3 is 18.8 Å². The highest BCUT2D eigenvalue weighted by Gasteiger charge is 2.15. The molecule has 3 aromatic rings. The number of nitrogens with one attached hydrogen (secondary N) is 1. The zero-order valence-electron chi connectivity index (χ0n) is 12.3. The fraction of sp³-hybridized carbons (Fsp3) is 0.125. The third-order valence-electron chi connectivity index (χ3n) is 3.53. The standard InChI is InChI=1S/C16H13N3O4/c1-19-8-17-12-7-11(3-4-13(12)19)23-16(20)18-10-2-5-14-15(6-10)22-9-21-14/h2-8H,9H2,1H3,(H,18,20). The van der Waals surface area contributed by atoms with Crippen LogP contribution in [0.1, 0.15) is 0 Å². The number of hydrogen-bond acceptors (Lipinski definition) is 5. The topological polar surface area (TPSA) is 74.6 Å². The van der Waals surface area contributed by atoms with Gasteiger partial charge >= 0.3 is 6.09 Å². The first-order valence-electron chi connectivity index (χ1n) is 6.98. The first-order chi connectivity index (χ1) is 11.2. The largest absolute Gasteiger partial charge is 0.454 e. The minimum Gasteiger partial charge on any atom is -0.454 e. The van der Waals surface area contributed by atoms with Crippen molar-refractivity contribution < 1.29 is 19.0 Å². The van der Waals surface area contributed by atoms with Gasteiger partial charge in [-0.05, 0) is 24.3 Å². The minimum atomic E-state index is -0.584. The number of aromatic nitrogens is 2. The Bertz CT molecular complexity index is 903. The van der Waals surface area contributed by atoms with Gasteiger partial charge in [-0.3, -0.25) is 5.32 Å². The second-order valence-electron chi connectivity index (χ2n) is 5.09. The van der Waals surface area contributed by atoms with E-state index in [1.165, 1.54) is 0 Å². The fourth-order valence-corrected chi connectivity index (χ4v) is 2.40.